The highest BCUT2D eigenvalue weighted by molar-refractivity contribution is 5.56. The van der Waals surface area contributed by atoms with Crippen molar-refractivity contribution in [1.29, 1.82) is 0 Å². The highest BCUT2D eigenvalue weighted by atomic mass is 16.6. The van der Waals surface area contributed by atoms with Crippen LogP contribution in [0.1, 0.15) is 26.2 Å². The van der Waals surface area contributed by atoms with Crippen LogP contribution in [0.3, 0.4) is 0 Å². The standard InChI is InChI=1S/C13H20N4O2/c1-11(16-8-3-2-4-9-16)10-15-12-6-5-7-14-13(12)17(18)19/h5-7,11,15H,2-4,8-10H2,1H3. The van der Waals surface area contributed by atoms with Crippen molar-refractivity contribution in [3.05, 3.63) is 28.4 Å². The number of hydrogen-bond donors (Lipinski definition) is 1. The fourth-order valence-corrected chi connectivity index (χ4v) is 2.43. The van der Waals surface area contributed by atoms with Crippen LogP contribution in [-0.4, -0.2) is 40.5 Å². The maximum absolute atomic E-state index is 10.9. The van der Waals surface area contributed by atoms with Crippen molar-refractivity contribution in [2.45, 2.75) is 32.2 Å². The zero-order valence-corrected chi connectivity index (χ0v) is 11.2. The molecule has 1 aliphatic heterocycles. The van der Waals surface area contributed by atoms with Crippen LogP contribution < -0.4 is 5.32 Å². The molecule has 0 bridgehead atoms. The monoisotopic (exact) mass is 264 g/mol. The normalized spacial score (nSPS) is 17.9. The molecule has 1 saturated heterocycles. The lowest BCUT2D eigenvalue weighted by molar-refractivity contribution is -0.388. The van der Waals surface area contributed by atoms with E-state index in [0.717, 1.165) is 13.1 Å². The first-order valence-electron chi connectivity index (χ1n) is 6.76. The Bertz CT molecular complexity index is 432. The van der Waals surface area contributed by atoms with E-state index in [-0.39, 0.29) is 5.82 Å². The van der Waals surface area contributed by atoms with E-state index in [4.69, 9.17) is 0 Å². The van der Waals surface area contributed by atoms with Gasteiger partial charge in [-0.15, -0.1) is 0 Å². The summed E-state index contributed by atoms with van der Waals surface area (Å²) < 4.78 is 0. The van der Waals surface area contributed by atoms with Crippen molar-refractivity contribution >= 4 is 11.5 Å². The van der Waals surface area contributed by atoms with Gasteiger partial charge >= 0.3 is 5.82 Å². The van der Waals surface area contributed by atoms with Gasteiger partial charge in [0.1, 0.15) is 11.9 Å². The highest BCUT2D eigenvalue weighted by Crippen LogP contribution is 2.20. The third-order valence-corrected chi connectivity index (χ3v) is 3.56. The Hall–Kier alpha value is -1.69. The van der Waals surface area contributed by atoms with Gasteiger partial charge in [0.05, 0.1) is 0 Å². The zero-order valence-electron chi connectivity index (χ0n) is 11.2. The number of aromatic nitrogens is 1. The molecule has 1 fully saturated rings. The number of piperidine rings is 1. The lowest BCUT2D eigenvalue weighted by Gasteiger charge is -2.32. The smallest absolute Gasteiger partial charge is 0.377 e. The number of pyridine rings is 1. The third kappa shape index (κ3) is 3.64. The number of nitrogens with zero attached hydrogens (tertiary/aromatic N) is 3. The van der Waals surface area contributed by atoms with Gasteiger partial charge in [-0.3, -0.25) is 4.90 Å². The summed E-state index contributed by atoms with van der Waals surface area (Å²) in [5.74, 6) is -0.103. The van der Waals surface area contributed by atoms with Gasteiger partial charge in [0.25, 0.3) is 0 Å². The fraction of sp³-hybridized carbons (Fsp3) is 0.615. The van der Waals surface area contributed by atoms with Crippen LogP contribution in [0.15, 0.2) is 18.3 Å². The molecule has 1 aromatic rings. The summed E-state index contributed by atoms with van der Waals surface area (Å²) in [4.78, 5) is 16.6. The first-order chi connectivity index (χ1) is 9.18. The second kappa shape index (κ2) is 6.47. The predicted octanol–water partition coefficient (Wildman–Crippen LogP) is 2.28. The molecule has 1 atom stereocenters. The molecule has 6 heteroatoms. The quantitative estimate of drug-likeness (QED) is 0.652. The lowest BCUT2D eigenvalue weighted by atomic mass is 10.1. The van der Waals surface area contributed by atoms with E-state index in [9.17, 15) is 10.1 Å². The molecule has 1 aliphatic rings. The summed E-state index contributed by atoms with van der Waals surface area (Å²) >= 11 is 0. The van der Waals surface area contributed by atoms with E-state index < -0.39 is 4.92 Å². The molecule has 2 rings (SSSR count). The summed E-state index contributed by atoms with van der Waals surface area (Å²) in [7, 11) is 0. The van der Waals surface area contributed by atoms with Gasteiger partial charge in [0.2, 0.25) is 0 Å². The third-order valence-electron chi connectivity index (χ3n) is 3.56. The van der Waals surface area contributed by atoms with Gasteiger partial charge in [-0.2, -0.15) is 0 Å². The topological polar surface area (TPSA) is 71.3 Å². The predicted molar refractivity (Wildman–Crippen MR) is 74.3 cm³/mol. The van der Waals surface area contributed by atoms with Crippen molar-refractivity contribution in [3.8, 4) is 0 Å². The van der Waals surface area contributed by atoms with Crippen molar-refractivity contribution in [2.75, 3.05) is 25.0 Å². The van der Waals surface area contributed by atoms with E-state index in [1.807, 2.05) is 0 Å². The lowest BCUT2D eigenvalue weighted by Crippen LogP contribution is -2.41. The SMILES string of the molecule is CC(CNc1cccnc1[N+](=O)[O-])N1CCCCC1. The van der Waals surface area contributed by atoms with Crippen LogP contribution in [0.5, 0.6) is 0 Å². The van der Waals surface area contributed by atoms with Crippen LogP contribution in [-0.2, 0) is 0 Å². The van der Waals surface area contributed by atoms with Gasteiger partial charge in [0.15, 0.2) is 0 Å². The summed E-state index contributed by atoms with van der Waals surface area (Å²) in [5.41, 5.74) is 0.497. The Labute approximate surface area is 113 Å². The first kappa shape index (κ1) is 13.7. The number of hydrogen-bond acceptors (Lipinski definition) is 5. The molecule has 0 aromatic carbocycles. The van der Waals surface area contributed by atoms with E-state index in [1.54, 1.807) is 12.1 Å². The molecule has 0 radical (unpaired) electrons. The molecule has 6 nitrogen and oxygen atoms in total. The molecular formula is C13H20N4O2. The molecule has 0 saturated carbocycles. The van der Waals surface area contributed by atoms with Crippen LogP contribution in [0, 0.1) is 10.1 Å². The van der Waals surface area contributed by atoms with Crippen molar-refractivity contribution in [3.63, 3.8) is 0 Å². The van der Waals surface area contributed by atoms with Crippen LogP contribution in [0.25, 0.3) is 0 Å². The van der Waals surface area contributed by atoms with Gasteiger partial charge in [-0.25, -0.2) is 0 Å². The van der Waals surface area contributed by atoms with Crippen LogP contribution >= 0.6 is 0 Å². The van der Waals surface area contributed by atoms with E-state index in [2.05, 4.69) is 22.1 Å². The second-order valence-corrected chi connectivity index (χ2v) is 4.96. The molecular weight excluding hydrogens is 244 g/mol. The number of likely N-dealkylation sites (tertiary alicyclic amines) is 1. The average molecular weight is 264 g/mol. The van der Waals surface area contributed by atoms with Crippen molar-refractivity contribution in [1.82, 2.24) is 9.88 Å². The molecule has 0 amide bonds. The van der Waals surface area contributed by atoms with Gasteiger partial charge in [-0.05, 0) is 54.9 Å². The van der Waals surface area contributed by atoms with Gasteiger partial charge < -0.3 is 15.4 Å². The zero-order chi connectivity index (χ0) is 13.7. The Morgan fingerprint density at radius 3 is 2.89 bits per heavy atom. The average Bonchev–Trinajstić information content (AvgIpc) is 2.46. The molecule has 1 N–H and O–H groups in total. The number of anilines is 1. The van der Waals surface area contributed by atoms with Gasteiger partial charge in [0, 0.05) is 12.6 Å². The molecule has 19 heavy (non-hydrogen) atoms. The Morgan fingerprint density at radius 1 is 1.47 bits per heavy atom. The van der Waals surface area contributed by atoms with Crippen molar-refractivity contribution in [2.24, 2.45) is 0 Å². The summed E-state index contributed by atoms with van der Waals surface area (Å²) in [6.07, 6.45) is 5.25. The summed E-state index contributed by atoms with van der Waals surface area (Å²) in [6, 6.07) is 3.79. The number of rotatable bonds is 5. The second-order valence-electron chi connectivity index (χ2n) is 4.96. The fourth-order valence-electron chi connectivity index (χ4n) is 2.43. The molecule has 2 heterocycles. The maximum atomic E-state index is 10.9. The van der Waals surface area contributed by atoms with Crippen molar-refractivity contribution < 1.29 is 4.92 Å². The Kier molecular flexibility index (Phi) is 4.68. The maximum Gasteiger partial charge on any atom is 0.386 e. The van der Waals surface area contributed by atoms with E-state index in [0.29, 0.717) is 18.3 Å². The molecule has 0 aliphatic carbocycles. The largest absolute Gasteiger partial charge is 0.386 e. The highest BCUT2D eigenvalue weighted by Gasteiger charge is 2.18. The van der Waals surface area contributed by atoms with Crippen LogP contribution in [0.2, 0.25) is 0 Å². The van der Waals surface area contributed by atoms with E-state index >= 15 is 0 Å². The minimum atomic E-state index is -0.451. The van der Waals surface area contributed by atoms with Gasteiger partial charge in [-0.1, -0.05) is 6.42 Å². The molecule has 1 unspecified atom stereocenters. The Balaban J connectivity index is 1.92. The molecule has 1 aromatic heterocycles. The Morgan fingerprint density at radius 2 is 2.21 bits per heavy atom. The minimum absolute atomic E-state index is 0.103. The number of nitrogens with one attached hydrogen (secondary N) is 1. The molecule has 104 valence electrons. The van der Waals surface area contributed by atoms with Crippen LogP contribution in [0.4, 0.5) is 11.5 Å². The summed E-state index contributed by atoms with van der Waals surface area (Å²) in [5, 5.41) is 14.0. The number of nitro groups is 1. The summed E-state index contributed by atoms with van der Waals surface area (Å²) in [6.45, 7) is 5.10. The van der Waals surface area contributed by atoms with E-state index in [1.165, 1.54) is 25.5 Å². The first-order valence-corrected chi connectivity index (χ1v) is 6.76. The minimum Gasteiger partial charge on any atom is -0.377 e. The molecule has 0 spiro atoms.